The minimum Gasteiger partial charge on any atom is -0.378 e. The predicted molar refractivity (Wildman–Crippen MR) is 69.9 cm³/mol. The van der Waals surface area contributed by atoms with E-state index < -0.39 is 21.4 Å². The van der Waals surface area contributed by atoms with E-state index in [1.165, 1.54) is 19.2 Å². The van der Waals surface area contributed by atoms with Crippen LogP contribution in [0, 0.1) is 24.1 Å². The van der Waals surface area contributed by atoms with Crippen LogP contribution in [0.15, 0.2) is 23.1 Å². The summed E-state index contributed by atoms with van der Waals surface area (Å²) >= 11 is 0. The summed E-state index contributed by atoms with van der Waals surface area (Å²) in [5.74, 6) is -0.628. The van der Waals surface area contributed by atoms with Gasteiger partial charge in [0.15, 0.2) is 0 Å². The Kier molecular flexibility index (Phi) is 3.82. The minimum atomic E-state index is -3.96. The van der Waals surface area contributed by atoms with E-state index in [4.69, 9.17) is 4.74 Å². The highest BCUT2D eigenvalue weighted by atomic mass is 32.2. The molecule has 0 bridgehead atoms. The number of nitriles is 1. The van der Waals surface area contributed by atoms with E-state index in [2.05, 4.69) is 0 Å². The maximum Gasteiger partial charge on any atom is 0.244 e. The van der Waals surface area contributed by atoms with E-state index in [-0.39, 0.29) is 11.5 Å². The fraction of sp³-hybridized carbons (Fsp3) is 0.462. The molecule has 1 fully saturated rings. The van der Waals surface area contributed by atoms with Gasteiger partial charge in [-0.1, -0.05) is 6.07 Å². The van der Waals surface area contributed by atoms with Gasteiger partial charge in [-0.05, 0) is 24.6 Å². The van der Waals surface area contributed by atoms with Gasteiger partial charge in [0.25, 0.3) is 0 Å². The lowest BCUT2D eigenvalue weighted by molar-refractivity contribution is 0.162. The minimum absolute atomic E-state index is 0.0214. The van der Waals surface area contributed by atoms with Crippen molar-refractivity contribution >= 4 is 10.0 Å². The van der Waals surface area contributed by atoms with Gasteiger partial charge in [-0.25, -0.2) is 12.8 Å². The first kappa shape index (κ1) is 14.9. The highest BCUT2D eigenvalue weighted by Gasteiger charge is 2.45. The van der Waals surface area contributed by atoms with Crippen molar-refractivity contribution in [3.8, 4) is 6.07 Å². The highest BCUT2D eigenvalue weighted by molar-refractivity contribution is 7.89. The number of likely N-dealkylation sites (N-methyl/N-ethyl adjacent to an activating group) is 1. The molecule has 1 atom stereocenters. The smallest absolute Gasteiger partial charge is 0.244 e. The Hall–Kier alpha value is -1.49. The Morgan fingerprint density at radius 2 is 2.20 bits per heavy atom. The van der Waals surface area contributed by atoms with Crippen molar-refractivity contribution in [2.45, 2.75) is 23.8 Å². The molecule has 2 rings (SSSR count). The summed E-state index contributed by atoms with van der Waals surface area (Å²) in [6, 6.07) is 5.59. The molecule has 1 aromatic carbocycles. The number of benzene rings is 1. The Labute approximate surface area is 117 Å². The summed E-state index contributed by atoms with van der Waals surface area (Å²) < 4.78 is 44.7. The summed E-state index contributed by atoms with van der Waals surface area (Å²) in [5, 5.41) is 9.31. The van der Waals surface area contributed by atoms with Crippen molar-refractivity contribution in [1.82, 2.24) is 4.31 Å². The molecule has 108 valence electrons. The molecule has 5 nitrogen and oxygen atoms in total. The van der Waals surface area contributed by atoms with Gasteiger partial charge in [-0.15, -0.1) is 0 Å². The molecule has 0 saturated carbocycles. The molecule has 0 spiro atoms. The fourth-order valence-electron chi connectivity index (χ4n) is 2.19. The Morgan fingerprint density at radius 1 is 1.50 bits per heavy atom. The molecule has 1 saturated heterocycles. The third-order valence-corrected chi connectivity index (χ3v) is 5.67. The van der Waals surface area contributed by atoms with Crippen molar-refractivity contribution in [2.75, 3.05) is 20.3 Å². The number of halogens is 1. The number of hydrogen-bond acceptors (Lipinski definition) is 4. The molecule has 1 aromatic rings. The molecule has 1 unspecified atom stereocenters. The van der Waals surface area contributed by atoms with E-state index in [1.54, 1.807) is 6.92 Å². The van der Waals surface area contributed by atoms with Crippen LogP contribution in [0.1, 0.15) is 12.0 Å². The molecule has 1 aliphatic heterocycles. The molecule has 0 aliphatic carbocycles. The van der Waals surface area contributed by atoms with Crippen LogP contribution in [0.2, 0.25) is 0 Å². The molecular weight excluding hydrogens is 283 g/mol. The van der Waals surface area contributed by atoms with Crippen LogP contribution < -0.4 is 0 Å². The van der Waals surface area contributed by atoms with Crippen LogP contribution in [0.3, 0.4) is 0 Å². The average molecular weight is 298 g/mol. The van der Waals surface area contributed by atoms with Crippen LogP contribution in [0.4, 0.5) is 4.39 Å². The fourth-order valence-corrected chi connectivity index (χ4v) is 3.87. The van der Waals surface area contributed by atoms with Crippen molar-refractivity contribution in [2.24, 2.45) is 0 Å². The van der Waals surface area contributed by atoms with Crippen molar-refractivity contribution in [1.29, 1.82) is 5.26 Å². The molecule has 0 radical (unpaired) electrons. The first-order valence-corrected chi connectivity index (χ1v) is 7.52. The number of sulfonamides is 1. The Morgan fingerprint density at radius 3 is 2.75 bits per heavy atom. The van der Waals surface area contributed by atoms with Gasteiger partial charge < -0.3 is 4.74 Å². The van der Waals surface area contributed by atoms with Gasteiger partial charge in [-0.2, -0.15) is 9.57 Å². The third kappa shape index (κ3) is 2.30. The lowest BCUT2D eigenvalue weighted by Gasteiger charge is -2.30. The normalized spacial score (nSPS) is 22.9. The Bertz CT molecular complexity index is 661. The molecule has 0 aromatic heterocycles. The standard InChI is InChI=1S/C13H15FN2O3S/c1-10-3-4-11(14)7-12(10)20(17,18)16(2)13(8-15)5-6-19-9-13/h3-4,7H,5-6,9H2,1-2H3. The van der Waals surface area contributed by atoms with Gasteiger partial charge >= 0.3 is 0 Å². The first-order chi connectivity index (χ1) is 9.33. The molecular formula is C13H15FN2O3S. The SMILES string of the molecule is Cc1ccc(F)cc1S(=O)(=O)N(C)C1(C#N)CCOC1. The van der Waals surface area contributed by atoms with E-state index >= 15 is 0 Å². The van der Waals surface area contributed by atoms with Crippen LogP contribution in [0.5, 0.6) is 0 Å². The number of nitrogens with zero attached hydrogens (tertiary/aromatic N) is 2. The summed E-state index contributed by atoms with van der Waals surface area (Å²) in [6.07, 6.45) is 0.299. The lowest BCUT2D eigenvalue weighted by atomic mass is 10.0. The maximum absolute atomic E-state index is 13.3. The zero-order valence-corrected chi connectivity index (χ0v) is 12.1. The monoisotopic (exact) mass is 298 g/mol. The van der Waals surface area contributed by atoms with Gasteiger partial charge in [0.1, 0.15) is 11.4 Å². The zero-order valence-electron chi connectivity index (χ0n) is 11.3. The molecule has 1 aliphatic rings. The van der Waals surface area contributed by atoms with Crippen LogP contribution >= 0.6 is 0 Å². The maximum atomic E-state index is 13.3. The van der Waals surface area contributed by atoms with Gasteiger partial charge in [0.2, 0.25) is 10.0 Å². The number of ether oxygens (including phenoxy) is 1. The number of rotatable bonds is 3. The summed E-state index contributed by atoms with van der Waals surface area (Å²) in [5.41, 5.74) is -0.789. The van der Waals surface area contributed by atoms with Gasteiger partial charge in [-0.3, -0.25) is 0 Å². The summed E-state index contributed by atoms with van der Waals surface area (Å²) in [6.45, 7) is 1.94. The molecule has 7 heteroatoms. The van der Waals surface area contributed by atoms with Gasteiger partial charge in [0, 0.05) is 20.1 Å². The zero-order chi connectivity index (χ0) is 15.0. The van der Waals surface area contributed by atoms with Crippen molar-refractivity contribution in [3.63, 3.8) is 0 Å². The van der Waals surface area contributed by atoms with Crippen LogP contribution in [-0.2, 0) is 14.8 Å². The second kappa shape index (κ2) is 5.13. The molecule has 0 amide bonds. The van der Waals surface area contributed by atoms with Crippen molar-refractivity contribution < 1.29 is 17.5 Å². The average Bonchev–Trinajstić information content (AvgIpc) is 2.90. The van der Waals surface area contributed by atoms with Crippen LogP contribution in [-0.4, -0.2) is 38.5 Å². The predicted octanol–water partition coefficient (Wildman–Crippen LogP) is 1.44. The quantitative estimate of drug-likeness (QED) is 0.846. The van der Waals surface area contributed by atoms with Gasteiger partial charge in [0.05, 0.1) is 17.6 Å². The van der Waals surface area contributed by atoms with E-state index in [1.807, 2.05) is 6.07 Å². The summed E-state index contributed by atoms with van der Waals surface area (Å²) in [4.78, 5) is -0.124. The second-order valence-electron chi connectivity index (χ2n) is 4.83. The third-order valence-electron chi connectivity index (χ3n) is 3.60. The number of hydrogen-bond donors (Lipinski definition) is 0. The highest BCUT2D eigenvalue weighted by Crippen LogP contribution is 2.31. The molecule has 0 N–H and O–H groups in total. The van der Waals surface area contributed by atoms with Crippen molar-refractivity contribution in [3.05, 3.63) is 29.6 Å². The Balaban J connectivity index is 2.50. The molecule has 1 heterocycles. The first-order valence-electron chi connectivity index (χ1n) is 6.08. The largest absolute Gasteiger partial charge is 0.378 e. The lowest BCUT2D eigenvalue weighted by Crippen LogP contribution is -2.49. The summed E-state index contributed by atoms with van der Waals surface area (Å²) in [7, 11) is -2.62. The molecule has 20 heavy (non-hydrogen) atoms. The topological polar surface area (TPSA) is 70.4 Å². The van der Waals surface area contributed by atoms with Crippen LogP contribution in [0.25, 0.3) is 0 Å². The number of aryl methyl sites for hydroxylation is 1. The van der Waals surface area contributed by atoms with E-state index in [0.717, 1.165) is 10.4 Å². The van der Waals surface area contributed by atoms with E-state index in [0.29, 0.717) is 18.6 Å². The second-order valence-corrected chi connectivity index (χ2v) is 6.77. The van der Waals surface area contributed by atoms with E-state index in [9.17, 15) is 18.1 Å².